The quantitative estimate of drug-likeness (QED) is 0.816. The van der Waals surface area contributed by atoms with Crippen LogP contribution in [0.5, 0.6) is 5.75 Å². The van der Waals surface area contributed by atoms with E-state index in [1.165, 1.54) is 12.1 Å². The van der Waals surface area contributed by atoms with Gasteiger partial charge in [0.25, 0.3) is 0 Å². The minimum Gasteiger partial charge on any atom is -0.508 e. The third-order valence-electron chi connectivity index (χ3n) is 3.22. The fourth-order valence-electron chi connectivity index (χ4n) is 1.98. The number of phenolic OH excluding ortho intramolecular Hbond substituents is 1. The Kier molecular flexibility index (Phi) is 3.37. The van der Waals surface area contributed by atoms with Crippen molar-refractivity contribution >= 4 is 0 Å². The SMILES string of the molecule is Cc1c(O)cc(C(C)C)cc1-c1ccc(F)cc1. The molecule has 0 atom stereocenters. The lowest BCUT2D eigenvalue weighted by Gasteiger charge is -2.13. The Balaban J connectivity index is 2.59. The van der Waals surface area contributed by atoms with Crippen molar-refractivity contribution in [3.05, 3.63) is 53.3 Å². The molecule has 0 radical (unpaired) electrons. The van der Waals surface area contributed by atoms with Gasteiger partial charge in [0.2, 0.25) is 0 Å². The molecular weight excluding hydrogens is 227 g/mol. The summed E-state index contributed by atoms with van der Waals surface area (Å²) in [6.07, 6.45) is 0. The summed E-state index contributed by atoms with van der Waals surface area (Å²) < 4.78 is 12.9. The van der Waals surface area contributed by atoms with E-state index in [9.17, 15) is 9.50 Å². The van der Waals surface area contributed by atoms with Crippen molar-refractivity contribution in [2.75, 3.05) is 0 Å². The minimum atomic E-state index is -0.249. The van der Waals surface area contributed by atoms with Crippen molar-refractivity contribution in [3.8, 4) is 16.9 Å². The first-order valence-electron chi connectivity index (χ1n) is 6.08. The van der Waals surface area contributed by atoms with Gasteiger partial charge in [0.1, 0.15) is 11.6 Å². The molecule has 0 unspecified atom stereocenters. The Hall–Kier alpha value is -1.83. The molecule has 0 fully saturated rings. The van der Waals surface area contributed by atoms with Crippen LogP contribution in [-0.4, -0.2) is 5.11 Å². The highest BCUT2D eigenvalue weighted by Crippen LogP contribution is 2.33. The van der Waals surface area contributed by atoms with E-state index in [-0.39, 0.29) is 5.82 Å². The van der Waals surface area contributed by atoms with E-state index in [2.05, 4.69) is 19.9 Å². The molecule has 1 nitrogen and oxygen atoms in total. The van der Waals surface area contributed by atoms with E-state index in [1.54, 1.807) is 18.2 Å². The average molecular weight is 244 g/mol. The summed E-state index contributed by atoms with van der Waals surface area (Å²) in [6.45, 7) is 6.04. The van der Waals surface area contributed by atoms with Crippen LogP contribution in [0.2, 0.25) is 0 Å². The Labute approximate surface area is 107 Å². The number of benzene rings is 2. The van der Waals surface area contributed by atoms with E-state index >= 15 is 0 Å². The summed E-state index contributed by atoms with van der Waals surface area (Å²) in [5.41, 5.74) is 3.79. The zero-order chi connectivity index (χ0) is 13.3. The smallest absolute Gasteiger partial charge is 0.123 e. The Morgan fingerprint density at radius 1 is 1.06 bits per heavy atom. The largest absolute Gasteiger partial charge is 0.508 e. The zero-order valence-corrected chi connectivity index (χ0v) is 10.9. The van der Waals surface area contributed by atoms with E-state index in [0.717, 1.165) is 22.3 Å². The fourth-order valence-corrected chi connectivity index (χ4v) is 1.98. The molecule has 0 amide bonds. The lowest BCUT2D eigenvalue weighted by molar-refractivity contribution is 0.470. The Bertz CT molecular complexity index is 556. The van der Waals surface area contributed by atoms with E-state index < -0.39 is 0 Å². The maximum atomic E-state index is 12.9. The van der Waals surface area contributed by atoms with Crippen molar-refractivity contribution in [2.24, 2.45) is 0 Å². The summed E-state index contributed by atoms with van der Waals surface area (Å²) in [7, 11) is 0. The van der Waals surface area contributed by atoms with Gasteiger partial charge in [-0.15, -0.1) is 0 Å². The first-order valence-corrected chi connectivity index (χ1v) is 6.08. The average Bonchev–Trinajstić information content (AvgIpc) is 2.33. The van der Waals surface area contributed by atoms with Gasteiger partial charge in [0.15, 0.2) is 0 Å². The molecule has 18 heavy (non-hydrogen) atoms. The standard InChI is InChI=1S/C16H17FO/c1-10(2)13-8-15(11(3)16(18)9-13)12-4-6-14(17)7-5-12/h4-10,18H,1-3H3. The number of aromatic hydroxyl groups is 1. The van der Waals surface area contributed by atoms with Gasteiger partial charge in [-0.2, -0.15) is 0 Å². The van der Waals surface area contributed by atoms with Gasteiger partial charge >= 0.3 is 0 Å². The molecule has 0 aliphatic rings. The molecule has 1 N–H and O–H groups in total. The van der Waals surface area contributed by atoms with E-state index in [1.807, 2.05) is 6.92 Å². The molecule has 0 heterocycles. The number of rotatable bonds is 2. The molecular formula is C16H17FO. The number of phenols is 1. The number of halogens is 1. The lowest BCUT2D eigenvalue weighted by atomic mass is 9.93. The van der Waals surface area contributed by atoms with Crippen LogP contribution in [0, 0.1) is 12.7 Å². The first-order chi connectivity index (χ1) is 8.49. The van der Waals surface area contributed by atoms with Gasteiger partial charge in [0, 0.05) is 0 Å². The summed E-state index contributed by atoms with van der Waals surface area (Å²) in [5, 5.41) is 9.97. The Morgan fingerprint density at radius 3 is 2.22 bits per heavy atom. The molecule has 2 aromatic carbocycles. The lowest BCUT2D eigenvalue weighted by Crippen LogP contribution is -1.92. The third-order valence-corrected chi connectivity index (χ3v) is 3.22. The predicted octanol–water partition coefficient (Wildman–Crippen LogP) is 4.63. The van der Waals surface area contributed by atoms with Crippen LogP contribution in [0.3, 0.4) is 0 Å². The van der Waals surface area contributed by atoms with Crippen LogP contribution in [0.1, 0.15) is 30.9 Å². The summed E-state index contributed by atoms with van der Waals surface area (Å²) >= 11 is 0. The molecule has 94 valence electrons. The van der Waals surface area contributed by atoms with E-state index in [4.69, 9.17) is 0 Å². The van der Waals surface area contributed by atoms with Gasteiger partial charge in [-0.25, -0.2) is 4.39 Å². The number of hydrogen-bond donors (Lipinski definition) is 1. The third kappa shape index (κ3) is 2.37. The molecule has 0 aromatic heterocycles. The van der Waals surface area contributed by atoms with Crippen LogP contribution >= 0.6 is 0 Å². The number of hydrogen-bond acceptors (Lipinski definition) is 1. The second-order valence-corrected chi connectivity index (χ2v) is 4.87. The molecule has 0 aliphatic carbocycles. The van der Waals surface area contributed by atoms with Crippen molar-refractivity contribution in [2.45, 2.75) is 26.7 Å². The van der Waals surface area contributed by atoms with Crippen molar-refractivity contribution in [1.82, 2.24) is 0 Å². The van der Waals surface area contributed by atoms with Gasteiger partial charge in [-0.05, 0) is 53.3 Å². The maximum Gasteiger partial charge on any atom is 0.123 e. The molecule has 2 rings (SSSR count). The van der Waals surface area contributed by atoms with Gasteiger partial charge in [-0.1, -0.05) is 32.0 Å². The van der Waals surface area contributed by atoms with Gasteiger partial charge in [0.05, 0.1) is 0 Å². The molecule has 0 aliphatic heterocycles. The van der Waals surface area contributed by atoms with Crippen LogP contribution < -0.4 is 0 Å². The highest BCUT2D eigenvalue weighted by molar-refractivity contribution is 5.70. The van der Waals surface area contributed by atoms with Crippen LogP contribution in [0.4, 0.5) is 4.39 Å². The second kappa shape index (κ2) is 4.81. The second-order valence-electron chi connectivity index (χ2n) is 4.87. The van der Waals surface area contributed by atoms with Crippen LogP contribution in [0.15, 0.2) is 36.4 Å². The first kappa shape index (κ1) is 12.6. The normalized spacial score (nSPS) is 10.9. The van der Waals surface area contributed by atoms with Gasteiger partial charge < -0.3 is 5.11 Å². The van der Waals surface area contributed by atoms with Gasteiger partial charge in [-0.3, -0.25) is 0 Å². The summed E-state index contributed by atoms with van der Waals surface area (Å²) in [6, 6.07) is 10.2. The summed E-state index contributed by atoms with van der Waals surface area (Å²) in [5.74, 6) is 0.386. The summed E-state index contributed by atoms with van der Waals surface area (Å²) in [4.78, 5) is 0. The molecule has 0 spiro atoms. The van der Waals surface area contributed by atoms with E-state index in [0.29, 0.717) is 11.7 Å². The highest BCUT2D eigenvalue weighted by atomic mass is 19.1. The highest BCUT2D eigenvalue weighted by Gasteiger charge is 2.10. The zero-order valence-electron chi connectivity index (χ0n) is 10.9. The van der Waals surface area contributed by atoms with Crippen molar-refractivity contribution < 1.29 is 9.50 Å². The van der Waals surface area contributed by atoms with Crippen LogP contribution in [-0.2, 0) is 0 Å². The maximum absolute atomic E-state index is 12.9. The van der Waals surface area contributed by atoms with Crippen LogP contribution in [0.25, 0.3) is 11.1 Å². The molecule has 2 heteroatoms. The monoisotopic (exact) mass is 244 g/mol. The fraction of sp³-hybridized carbons (Fsp3) is 0.250. The predicted molar refractivity (Wildman–Crippen MR) is 72.3 cm³/mol. The molecule has 2 aromatic rings. The molecule has 0 bridgehead atoms. The molecule has 0 saturated heterocycles. The molecule has 0 saturated carbocycles. The van der Waals surface area contributed by atoms with Crippen molar-refractivity contribution in [3.63, 3.8) is 0 Å². The topological polar surface area (TPSA) is 20.2 Å². The Morgan fingerprint density at radius 2 is 1.67 bits per heavy atom. The minimum absolute atomic E-state index is 0.249. The van der Waals surface area contributed by atoms with Crippen molar-refractivity contribution in [1.29, 1.82) is 0 Å².